The number of rotatable bonds is 3. The van der Waals surface area contributed by atoms with Gasteiger partial charge in [0.1, 0.15) is 5.56 Å². The van der Waals surface area contributed by atoms with E-state index in [2.05, 4.69) is 30.9 Å². The normalized spacial score (nSPS) is 10.3. The minimum Gasteiger partial charge on any atom is -0.321 e. The van der Waals surface area contributed by atoms with Gasteiger partial charge in [0.2, 0.25) is 0 Å². The molecule has 3 aromatic rings. The van der Waals surface area contributed by atoms with Crippen molar-refractivity contribution in [1.29, 1.82) is 0 Å². The molecule has 1 aromatic carbocycles. The number of hydrogen-bond acceptors (Lipinski definition) is 5. The Balaban J connectivity index is 1.88. The third kappa shape index (κ3) is 2.68. The predicted octanol–water partition coefficient (Wildman–Crippen LogP) is 0.807. The van der Waals surface area contributed by atoms with E-state index in [0.29, 0.717) is 5.69 Å². The fraction of sp³-hybridized carbons (Fsp3) is 0. The van der Waals surface area contributed by atoms with Crippen molar-refractivity contribution in [3.8, 4) is 11.3 Å². The minimum absolute atomic E-state index is 0.00605. The first-order valence-electron chi connectivity index (χ1n) is 6.07. The summed E-state index contributed by atoms with van der Waals surface area (Å²) in [5.74, 6) is -0.594. The summed E-state index contributed by atoms with van der Waals surface area (Å²) in [6.45, 7) is 0. The smallest absolute Gasteiger partial charge is 0.270 e. The van der Waals surface area contributed by atoms with Gasteiger partial charge in [-0.1, -0.05) is 35.4 Å². The lowest BCUT2D eigenvalue weighted by atomic mass is 10.1. The maximum absolute atomic E-state index is 12.0. The number of carbonyl (C=O) groups excluding carboxylic acids is 1. The van der Waals surface area contributed by atoms with E-state index in [9.17, 15) is 9.59 Å². The second-order valence-electron chi connectivity index (χ2n) is 4.17. The van der Waals surface area contributed by atoms with Crippen molar-refractivity contribution in [2.45, 2.75) is 0 Å². The number of nitrogens with zero attached hydrogens (tertiary/aromatic N) is 3. The van der Waals surface area contributed by atoms with E-state index in [0.717, 1.165) is 5.56 Å². The van der Waals surface area contributed by atoms with E-state index in [1.54, 1.807) is 6.07 Å². The van der Waals surface area contributed by atoms with E-state index in [4.69, 9.17) is 0 Å². The summed E-state index contributed by atoms with van der Waals surface area (Å²) in [5, 5.41) is 15.0. The number of nitrogens with one attached hydrogen (secondary N) is 3. The van der Waals surface area contributed by atoms with Crippen LogP contribution in [0, 0.1) is 0 Å². The highest BCUT2D eigenvalue weighted by molar-refractivity contribution is 6.03. The molecule has 8 nitrogen and oxygen atoms in total. The molecule has 0 saturated carbocycles. The van der Waals surface area contributed by atoms with Gasteiger partial charge in [-0.25, -0.2) is 0 Å². The van der Waals surface area contributed by atoms with Gasteiger partial charge >= 0.3 is 0 Å². The molecule has 0 aliphatic rings. The number of carbonyl (C=O) groups is 1. The summed E-state index contributed by atoms with van der Waals surface area (Å²) in [7, 11) is 0. The van der Waals surface area contributed by atoms with Crippen LogP contribution >= 0.6 is 0 Å². The molecule has 21 heavy (non-hydrogen) atoms. The van der Waals surface area contributed by atoms with E-state index < -0.39 is 11.5 Å². The molecule has 3 rings (SSSR count). The lowest BCUT2D eigenvalue weighted by Crippen LogP contribution is -2.23. The molecule has 0 atom stereocenters. The van der Waals surface area contributed by atoms with Gasteiger partial charge in [0, 0.05) is 5.69 Å². The maximum atomic E-state index is 12.0. The van der Waals surface area contributed by atoms with Crippen molar-refractivity contribution in [2.75, 3.05) is 5.32 Å². The number of amides is 1. The van der Waals surface area contributed by atoms with Crippen LogP contribution in [-0.4, -0.2) is 31.5 Å². The highest BCUT2D eigenvalue weighted by atomic mass is 16.2. The molecular formula is C13H10N6O2. The average molecular weight is 282 g/mol. The second kappa shape index (κ2) is 5.37. The average Bonchev–Trinajstić information content (AvgIpc) is 3.01. The lowest BCUT2D eigenvalue weighted by molar-refractivity contribution is 0.102. The molecule has 0 bridgehead atoms. The van der Waals surface area contributed by atoms with Gasteiger partial charge in [-0.3, -0.25) is 14.9 Å². The van der Waals surface area contributed by atoms with Crippen molar-refractivity contribution >= 4 is 11.9 Å². The molecule has 0 spiro atoms. The van der Waals surface area contributed by atoms with Gasteiger partial charge < -0.3 is 4.98 Å². The highest BCUT2D eigenvalue weighted by Crippen LogP contribution is 2.14. The monoisotopic (exact) mass is 282 g/mol. The van der Waals surface area contributed by atoms with E-state index in [-0.39, 0.29) is 11.5 Å². The molecule has 104 valence electrons. The number of pyridine rings is 1. The summed E-state index contributed by atoms with van der Waals surface area (Å²) in [6, 6.07) is 12.5. The van der Waals surface area contributed by atoms with Crippen molar-refractivity contribution in [3.05, 3.63) is 58.4 Å². The van der Waals surface area contributed by atoms with Crippen molar-refractivity contribution < 1.29 is 4.79 Å². The van der Waals surface area contributed by atoms with E-state index >= 15 is 0 Å². The first-order valence-corrected chi connectivity index (χ1v) is 6.07. The van der Waals surface area contributed by atoms with Crippen LogP contribution in [0.15, 0.2) is 47.3 Å². The Bertz CT molecular complexity index is 810. The Morgan fingerprint density at radius 1 is 1.10 bits per heavy atom. The van der Waals surface area contributed by atoms with Crippen molar-refractivity contribution in [2.24, 2.45) is 0 Å². The standard InChI is InChI=1S/C13H10N6O2/c20-11-9(12(21)15-13-16-18-19-17-13)6-7-10(14-11)8-4-2-1-3-5-8/h1-7H,(H,14,20)(H2,15,16,17,18,19,21). The lowest BCUT2D eigenvalue weighted by Gasteiger charge is -2.03. The Labute approximate surface area is 118 Å². The zero-order chi connectivity index (χ0) is 14.7. The molecule has 0 aliphatic heterocycles. The van der Waals surface area contributed by atoms with Crippen molar-refractivity contribution in [1.82, 2.24) is 25.6 Å². The molecule has 0 saturated heterocycles. The van der Waals surface area contributed by atoms with Crippen LogP contribution in [0.3, 0.4) is 0 Å². The minimum atomic E-state index is -0.600. The summed E-state index contributed by atoms with van der Waals surface area (Å²) < 4.78 is 0. The summed E-state index contributed by atoms with van der Waals surface area (Å²) in [6.07, 6.45) is 0. The summed E-state index contributed by atoms with van der Waals surface area (Å²) >= 11 is 0. The van der Waals surface area contributed by atoms with Gasteiger partial charge in [-0.15, -0.1) is 5.10 Å². The molecular weight excluding hydrogens is 272 g/mol. The number of benzene rings is 1. The third-order valence-electron chi connectivity index (χ3n) is 2.81. The summed E-state index contributed by atoms with van der Waals surface area (Å²) in [4.78, 5) is 26.6. The molecule has 3 N–H and O–H groups in total. The first kappa shape index (κ1) is 12.7. The molecule has 8 heteroatoms. The Morgan fingerprint density at radius 3 is 2.57 bits per heavy atom. The van der Waals surface area contributed by atoms with Gasteiger partial charge in [-0.2, -0.15) is 5.21 Å². The van der Waals surface area contributed by atoms with Crippen LogP contribution < -0.4 is 10.9 Å². The van der Waals surface area contributed by atoms with Gasteiger partial charge in [0.05, 0.1) is 0 Å². The quantitative estimate of drug-likeness (QED) is 0.657. The highest BCUT2D eigenvalue weighted by Gasteiger charge is 2.13. The van der Waals surface area contributed by atoms with Crippen LogP contribution in [0.5, 0.6) is 0 Å². The van der Waals surface area contributed by atoms with Crippen LogP contribution in [0.1, 0.15) is 10.4 Å². The number of tetrazole rings is 1. The maximum Gasteiger partial charge on any atom is 0.270 e. The third-order valence-corrected chi connectivity index (χ3v) is 2.81. The Hall–Kier alpha value is -3.29. The molecule has 2 aromatic heterocycles. The predicted molar refractivity (Wildman–Crippen MR) is 74.6 cm³/mol. The van der Waals surface area contributed by atoms with Crippen LogP contribution in [0.4, 0.5) is 5.95 Å². The molecule has 2 heterocycles. The zero-order valence-corrected chi connectivity index (χ0v) is 10.7. The van der Waals surface area contributed by atoms with Gasteiger partial charge in [0.25, 0.3) is 17.4 Å². The molecule has 0 aliphatic carbocycles. The SMILES string of the molecule is O=C(Nc1nn[nH]n1)c1ccc(-c2ccccc2)[nH]c1=O. The van der Waals surface area contributed by atoms with Crippen LogP contribution in [0.25, 0.3) is 11.3 Å². The van der Waals surface area contributed by atoms with Crippen LogP contribution in [-0.2, 0) is 0 Å². The number of hydrogen-bond donors (Lipinski definition) is 3. The second-order valence-corrected chi connectivity index (χ2v) is 4.17. The van der Waals surface area contributed by atoms with E-state index in [1.807, 2.05) is 30.3 Å². The molecule has 0 unspecified atom stereocenters. The number of aromatic amines is 2. The Kier molecular flexibility index (Phi) is 3.26. The van der Waals surface area contributed by atoms with Crippen molar-refractivity contribution in [3.63, 3.8) is 0 Å². The fourth-order valence-corrected chi connectivity index (χ4v) is 1.82. The van der Waals surface area contributed by atoms with E-state index in [1.165, 1.54) is 6.07 Å². The summed E-state index contributed by atoms with van der Waals surface area (Å²) in [5.41, 5.74) is 0.980. The van der Waals surface area contributed by atoms with Crippen LogP contribution in [0.2, 0.25) is 0 Å². The Morgan fingerprint density at radius 2 is 1.90 bits per heavy atom. The zero-order valence-electron chi connectivity index (χ0n) is 10.7. The first-order chi connectivity index (χ1) is 10.2. The van der Waals surface area contributed by atoms with Gasteiger partial charge in [0.15, 0.2) is 0 Å². The topological polar surface area (TPSA) is 116 Å². The number of H-pyrrole nitrogens is 2. The molecule has 0 radical (unpaired) electrons. The molecule has 1 amide bonds. The van der Waals surface area contributed by atoms with Gasteiger partial charge in [-0.05, 0) is 22.9 Å². The number of aromatic nitrogens is 5. The number of anilines is 1. The fourth-order valence-electron chi connectivity index (χ4n) is 1.82. The largest absolute Gasteiger partial charge is 0.321 e. The molecule has 0 fully saturated rings.